The van der Waals surface area contributed by atoms with Gasteiger partial charge in [-0.15, -0.1) is 0 Å². The van der Waals surface area contributed by atoms with Gasteiger partial charge in [0.05, 0.1) is 0 Å². The lowest BCUT2D eigenvalue weighted by Crippen LogP contribution is -2.19. The Morgan fingerprint density at radius 3 is 2.82 bits per heavy atom. The van der Waals surface area contributed by atoms with E-state index in [2.05, 4.69) is 20.4 Å². The maximum Gasteiger partial charge on any atom is 0.274 e. The smallest absolute Gasteiger partial charge is 0.274 e. The maximum atomic E-state index is 11.6. The van der Waals surface area contributed by atoms with E-state index in [1.807, 2.05) is 0 Å². The Morgan fingerprint density at radius 1 is 1.47 bits per heavy atom. The van der Waals surface area contributed by atoms with Gasteiger partial charge in [-0.05, 0) is 6.92 Å². The second kappa shape index (κ2) is 4.00. The van der Waals surface area contributed by atoms with Crippen molar-refractivity contribution in [2.45, 2.75) is 20.8 Å². The number of carbonyl (C=O) groups excluding carboxylic acids is 1. The molecular formula is C10H13N5O2. The molecule has 0 fully saturated rings. The van der Waals surface area contributed by atoms with E-state index in [4.69, 9.17) is 0 Å². The van der Waals surface area contributed by atoms with Gasteiger partial charge < -0.3 is 0 Å². The van der Waals surface area contributed by atoms with E-state index in [1.54, 1.807) is 20.8 Å². The largest absolute Gasteiger partial charge is 0.295 e. The van der Waals surface area contributed by atoms with Crippen LogP contribution in [-0.4, -0.2) is 25.5 Å². The fraction of sp³-hybridized carbons (Fsp3) is 0.400. The van der Waals surface area contributed by atoms with Gasteiger partial charge in [-0.25, -0.2) is 4.98 Å². The molecule has 7 heteroatoms. The van der Waals surface area contributed by atoms with E-state index in [9.17, 15) is 9.59 Å². The quantitative estimate of drug-likeness (QED) is 0.784. The van der Waals surface area contributed by atoms with E-state index < -0.39 is 0 Å². The Morgan fingerprint density at radius 2 is 2.18 bits per heavy atom. The van der Waals surface area contributed by atoms with Crippen LogP contribution in [0.5, 0.6) is 0 Å². The molecule has 0 aliphatic carbocycles. The van der Waals surface area contributed by atoms with Crippen molar-refractivity contribution in [2.24, 2.45) is 5.92 Å². The lowest BCUT2D eigenvalue weighted by molar-refractivity contribution is -0.118. The van der Waals surface area contributed by atoms with E-state index in [-0.39, 0.29) is 29.1 Å². The molecule has 0 saturated carbocycles. The molecule has 0 saturated heterocycles. The average molecular weight is 235 g/mol. The summed E-state index contributed by atoms with van der Waals surface area (Å²) < 4.78 is 1.18. The number of hydrogen-bond donors (Lipinski definition) is 2. The molecule has 0 bridgehead atoms. The van der Waals surface area contributed by atoms with Gasteiger partial charge in [0.15, 0.2) is 0 Å². The molecule has 0 atom stereocenters. The van der Waals surface area contributed by atoms with E-state index in [0.29, 0.717) is 5.69 Å². The van der Waals surface area contributed by atoms with Crippen molar-refractivity contribution in [2.75, 3.05) is 5.32 Å². The molecule has 0 aliphatic rings. The van der Waals surface area contributed by atoms with Crippen LogP contribution in [0.2, 0.25) is 0 Å². The van der Waals surface area contributed by atoms with Gasteiger partial charge in [-0.2, -0.15) is 9.50 Å². The molecule has 0 radical (unpaired) electrons. The zero-order chi connectivity index (χ0) is 12.6. The normalized spacial score (nSPS) is 11.1. The molecule has 0 spiro atoms. The third-order valence-corrected chi connectivity index (χ3v) is 2.22. The standard InChI is InChI=1S/C10H13N5O2/c1-5(2)8(17)12-9-13-10-11-6(3)4-7(16)15(10)14-9/h4-5H,1-3H3,(H2,11,12,13,14,17). The van der Waals surface area contributed by atoms with Gasteiger partial charge in [0.2, 0.25) is 11.9 Å². The van der Waals surface area contributed by atoms with E-state index in [0.717, 1.165) is 0 Å². The minimum Gasteiger partial charge on any atom is -0.295 e. The van der Waals surface area contributed by atoms with Gasteiger partial charge >= 0.3 is 0 Å². The summed E-state index contributed by atoms with van der Waals surface area (Å²) in [6, 6.07) is 1.39. The minimum absolute atomic E-state index is 0.158. The number of aromatic nitrogens is 4. The Labute approximate surface area is 96.9 Å². The molecule has 0 unspecified atom stereocenters. The summed E-state index contributed by atoms with van der Waals surface area (Å²) in [5.74, 6) is 0.136. The number of fused-ring (bicyclic) bond motifs is 1. The number of aromatic amines is 1. The summed E-state index contributed by atoms with van der Waals surface area (Å²) in [5, 5.41) is 5.25. The summed E-state index contributed by atoms with van der Waals surface area (Å²) in [6.45, 7) is 5.25. The summed E-state index contributed by atoms with van der Waals surface area (Å²) >= 11 is 0. The second-order valence-electron chi connectivity index (χ2n) is 4.09. The van der Waals surface area contributed by atoms with Crippen LogP contribution in [0.1, 0.15) is 19.5 Å². The molecule has 0 aromatic carbocycles. The van der Waals surface area contributed by atoms with Crippen LogP contribution in [-0.2, 0) is 4.79 Å². The topological polar surface area (TPSA) is 92.2 Å². The SMILES string of the molecule is Cc1cc(=O)n2[nH]c(NC(=O)C(C)C)nc2n1. The number of nitrogens with zero attached hydrogens (tertiary/aromatic N) is 3. The van der Waals surface area contributed by atoms with Crippen LogP contribution in [0.4, 0.5) is 5.95 Å². The maximum absolute atomic E-state index is 11.6. The number of rotatable bonds is 2. The fourth-order valence-electron chi connectivity index (χ4n) is 1.31. The first-order valence-electron chi connectivity index (χ1n) is 5.24. The number of carbonyl (C=O) groups is 1. The molecule has 90 valence electrons. The lowest BCUT2D eigenvalue weighted by atomic mass is 10.2. The second-order valence-corrected chi connectivity index (χ2v) is 4.09. The Kier molecular flexibility index (Phi) is 2.66. The summed E-state index contributed by atoms with van der Waals surface area (Å²) in [4.78, 5) is 31.1. The van der Waals surface area contributed by atoms with Crippen molar-refractivity contribution in [3.8, 4) is 0 Å². The van der Waals surface area contributed by atoms with Crippen molar-refractivity contribution in [1.82, 2.24) is 19.6 Å². The van der Waals surface area contributed by atoms with Gasteiger partial charge in [-0.3, -0.25) is 20.0 Å². The summed E-state index contributed by atoms with van der Waals surface area (Å²) in [7, 11) is 0. The Hall–Kier alpha value is -2.18. The Balaban J connectivity index is 2.42. The third kappa shape index (κ3) is 2.17. The van der Waals surface area contributed by atoms with Crippen molar-refractivity contribution in [1.29, 1.82) is 0 Å². The fourth-order valence-corrected chi connectivity index (χ4v) is 1.31. The van der Waals surface area contributed by atoms with Crippen molar-refractivity contribution in [3.63, 3.8) is 0 Å². The summed E-state index contributed by atoms with van der Waals surface area (Å²) in [5.41, 5.74) is 0.327. The first-order chi connectivity index (χ1) is 7.97. The van der Waals surface area contributed by atoms with Crippen molar-refractivity contribution < 1.29 is 4.79 Å². The molecule has 7 nitrogen and oxygen atoms in total. The molecule has 2 aromatic rings. The van der Waals surface area contributed by atoms with Crippen LogP contribution in [0.15, 0.2) is 10.9 Å². The number of hydrogen-bond acceptors (Lipinski definition) is 4. The zero-order valence-corrected chi connectivity index (χ0v) is 9.81. The Bertz CT molecular complexity index is 625. The predicted molar refractivity (Wildman–Crippen MR) is 61.8 cm³/mol. The zero-order valence-electron chi connectivity index (χ0n) is 9.81. The molecule has 17 heavy (non-hydrogen) atoms. The van der Waals surface area contributed by atoms with Gasteiger partial charge in [0.1, 0.15) is 0 Å². The monoisotopic (exact) mass is 235 g/mol. The highest BCUT2D eigenvalue weighted by molar-refractivity contribution is 5.90. The molecule has 0 aliphatic heterocycles. The van der Waals surface area contributed by atoms with E-state index in [1.165, 1.54) is 10.6 Å². The van der Waals surface area contributed by atoms with E-state index >= 15 is 0 Å². The number of anilines is 1. The molecule has 2 N–H and O–H groups in total. The highest BCUT2D eigenvalue weighted by Gasteiger charge is 2.11. The predicted octanol–water partition coefficient (Wildman–Crippen LogP) is 0.321. The van der Waals surface area contributed by atoms with Crippen LogP contribution in [0.25, 0.3) is 5.78 Å². The van der Waals surface area contributed by atoms with Crippen LogP contribution in [0.3, 0.4) is 0 Å². The number of aryl methyl sites for hydroxylation is 1. The third-order valence-electron chi connectivity index (χ3n) is 2.22. The summed E-state index contributed by atoms with van der Waals surface area (Å²) in [6.07, 6.45) is 0. The molecule has 1 amide bonds. The minimum atomic E-state index is -0.259. The lowest BCUT2D eigenvalue weighted by Gasteiger charge is -2.02. The van der Waals surface area contributed by atoms with Crippen molar-refractivity contribution in [3.05, 3.63) is 22.1 Å². The first-order valence-corrected chi connectivity index (χ1v) is 5.24. The van der Waals surface area contributed by atoms with Gasteiger partial charge in [0.25, 0.3) is 11.3 Å². The molecule has 2 aromatic heterocycles. The van der Waals surface area contributed by atoms with Crippen LogP contribution >= 0.6 is 0 Å². The van der Waals surface area contributed by atoms with Gasteiger partial charge in [-0.1, -0.05) is 13.8 Å². The van der Waals surface area contributed by atoms with Crippen molar-refractivity contribution >= 4 is 17.6 Å². The highest BCUT2D eigenvalue weighted by atomic mass is 16.2. The van der Waals surface area contributed by atoms with Crippen LogP contribution in [0, 0.1) is 12.8 Å². The molecular weight excluding hydrogens is 222 g/mol. The van der Waals surface area contributed by atoms with Crippen LogP contribution < -0.4 is 10.9 Å². The van der Waals surface area contributed by atoms with Gasteiger partial charge in [0, 0.05) is 17.7 Å². The number of H-pyrrole nitrogens is 1. The first kappa shape index (κ1) is 11.3. The molecule has 2 rings (SSSR count). The highest BCUT2D eigenvalue weighted by Crippen LogP contribution is 2.03. The number of amides is 1. The molecule has 2 heterocycles. The average Bonchev–Trinajstić information content (AvgIpc) is 2.60. The number of nitrogens with one attached hydrogen (secondary N) is 2.